The molecule has 0 aliphatic carbocycles. The van der Waals surface area contributed by atoms with Gasteiger partial charge in [0, 0.05) is 34.0 Å². The van der Waals surface area contributed by atoms with Crippen LogP contribution in [0.2, 0.25) is 0 Å². The number of amides is 1. The summed E-state index contributed by atoms with van der Waals surface area (Å²) in [5, 5.41) is 3.74. The summed E-state index contributed by atoms with van der Waals surface area (Å²) in [5.74, 6) is 1.26. The molecule has 0 saturated carbocycles. The Morgan fingerprint density at radius 1 is 1.14 bits per heavy atom. The van der Waals surface area contributed by atoms with Crippen molar-refractivity contribution in [3.05, 3.63) is 58.6 Å². The number of nitrogens with zero attached hydrogens (tertiary/aromatic N) is 2. The number of nitrogens with one attached hydrogen (secondary N) is 1. The van der Waals surface area contributed by atoms with Gasteiger partial charge < -0.3 is 14.8 Å². The third-order valence-corrected chi connectivity index (χ3v) is 5.76. The number of carbonyl (C=O) groups is 1. The monoisotopic (exact) mass is 409 g/mol. The average Bonchev–Trinajstić information content (AvgIpc) is 3.09. The summed E-state index contributed by atoms with van der Waals surface area (Å²) in [5.41, 5.74) is 0.988. The van der Waals surface area contributed by atoms with E-state index in [1.54, 1.807) is 25.1 Å². The molecular weight excluding hydrogens is 390 g/mol. The van der Waals surface area contributed by atoms with Gasteiger partial charge in [-0.15, -0.1) is 11.3 Å². The van der Waals surface area contributed by atoms with E-state index in [0.717, 1.165) is 10.1 Å². The smallest absolute Gasteiger partial charge is 0.272 e. The molecule has 29 heavy (non-hydrogen) atoms. The highest BCUT2D eigenvalue weighted by Gasteiger charge is 2.16. The van der Waals surface area contributed by atoms with E-state index in [2.05, 4.69) is 10.3 Å². The van der Waals surface area contributed by atoms with Gasteiger partial charge >= 0.3 is 0 Å². The number of anilines is 1. The lowest BCUT2D eigenvalue weighted by atomic mass is 10.2. The summed E-state index contributed by atoms with van der Waals surface area (Å²) in [6.45, 7) is 1.59. The maximum absolute atomic E-state index is 13.0. The van der Waals surface area contributed by atoms with Crippen LogP contribution in [-0.2, 0) is 11.3 Å². The number of hydrogen-bond acceptors (Lipinski definition) is 6. The van der Waals surface area contributed by atoms with Crippen molar-refractivity contribution in [3.63, 3.8) is 0 Å². The second-order valence-corrected chi connectivity index (χ2v) is 7.53. The first-order valence-electron chi connectivity index (χ1n) is 8.91. The van der Waals surface area contributed by atoms with E-state index in [1.807, 2.05) is 24.3 Å². The molecule has 2 aromatic heterocycles. The first-order valence-corrected chi connectivity index (χ1v) is 9.73. The minimum Gasteiger partial charge on any atom is -0.497 e. The van der Waals surface area contributed by atoms with Crippen molar-refractivity contribution < 1.29 is 14.3 Å². The van der Waals surface area contributed by atoms with Crippen LogP contribution in [0.15, 0.2) is 47.3 Å². The lowest BCUT2D eigenvalue weighted by Crippen LogP contribution is -2.29. The maximum Gasteiger partial charge on any atom is 0.272 e. The summed E-state index contributed by atoms with van der Waals surface area (Å²) >= 11 is 1.39. The topological polar surface area (TPSA) is 82.5 Å². The second-order valence-electron chi connectivity index (χ2n) is 6.48. The lowest BCUT2D eigenvalue weighted by Gasteiger charge is -2.12. The van der Waals surface area contributed by atoms with E-state index in [1.165, 1.54) is 30.1 Å². The highest BCUT2D eigenvalue weighted by atomic mass is 32.1. The molecule has 0 atom stereocenters. The lowest BCUT2D eigenvalue weighted by molar-refractivity contribution is -0.116. The van der Waals surface area contributed by atoms with Crippen molar-refractivity contribution in [2.75, 3.05) is 19.5 Å². The highest BCUT2D eigenvalue weighted by Crippen LogP contribution is 2.30. The van der Waals surface area contributed by atoms with Crippen LogP contribution in [0, 0.1) is 6.92 Å². The van der Waals surface area contributed by atoms with E-state index in [9.17, 15) is 9.59 Å². The fourth-order valence-electron chi connectivity index (χ4n) is 3.19. The van der Waals surface area contributed by atoms with Gasteiger partial charge in [0.15, 0.2) is 0 Å². The Labute approximate surface area is 170 Å². The molecule has 4 aromatic rings. The molecule has 2 heterocycles. The molecule has 0 spiro atoms. The Kier molecular flexibility index (Phi) is 4.94. The third-order valence-electron chi connectivity index (χ3n) is 4.61. The molecule has 0 radical (unpaired) electrons. The molecule has 1 amide bonds. The van der Waals surface area contributed by atoms with Crippen molar-refractivity contribution in [3.8, 4) is 11.5 Å². The van der Waals surface area contributed by atoms with Crippen molar-refractivity contribution in [2.45, 2.75) is 13.5 Å². The minimum atomic E-state index is -0.340. The molecule has 1 N–H and O–H groups in total. The van der Waals surface area contributed by atoms with Crippen LogP contribution in [-0.4, -0.2) is 29.7 Å². The molecule has 8 heteroatoms. The van der Waals surface area contributed by atoms with Crippen molar-refractivity contribution in [1.29, 1.82) is 0 Å². The van der Waals surface area contributed by atoms with E-state index in [-0.39, 0.29) is 18.0 Å². The van der Waals surface area contributed by atoms with Gasteiger partial charge in [-0.1, -0.05) is 18.2 Å². The number of methoxy groups -OCH3 is 2. The van der Waals surface area contributed by atoms with Crippen LogP contribution < -0.4 is 20.3 Å². The number of ether oxygens (including phenoxy) is 2. The van der Waals surface area contributed by atoms with E-state index >= 15 is 0 Å². The Bertz CT molecular complexity index is 1270. The molecule has 0 saturated heterocycles. The van der Waals surface area contributed by atoms with Crippen LogP contribution in [0.5, 0.6) is 11.5 Å². The summed E-state index contributed by atoms with van der Waals surface area (Å²) in [6, 6.07) is 12.8. The zero-order chi connectivity index (χ0) is 20.5. The minimum absolute atomic E-state index is 0.138. The number of carbonyl (C=O) groups excluding carboxylic acids is 1. The Hall–Kier alpha value is -3.39. The van der Waals surface area contributed by atoms with Gasteiger partial charge in [0.2, 0.25) is 5.91 Å². The van der Waals surface area contributed by atoms with E-state index in [0.29, 0.717) is 33.2 Å². The first-order chi connectivity index (χ1) is 14.0. The SMILES string of the molecule is COc1cc(NC(=O)Cn2c(C)nc3c(sc4ccccc43)c2=O)cc(OC)c1. The normalized spacial score (nSPS) is 11.0. The quantitative estimate of drug-likeness (QED) is 0.545. The predicted molar refractivity (Wildman–Crippen MR) is 114 cm³/mol. The Morgan fingerprint density at radius 2 is 1.83 bits per heavy atom. The number of aryl methyl sites for hydroxylation is 1. The zero-order valence-electron chi connectivity index (χ0n) is 16.2. The molecule has 0 unspecified atom stereocenters. The van der Waals surface area contributed by atoms with Crippen LogP contribution in [0.3, 0.4) is 0 Å². The zero-order valence-corrected chi connectivity index (χ0v) is 17.0. The molecule has 0 fully saturated rings. The van der Waals surface area contributed by atoms with Gasteiger partial charge in [-0.2, -0.15) is 0 Å². The standard InChI is InChI=1S/C21H19N3O4S/c1-12-22-19-16-6-4-5-7-17(16)29-20(19)21(26)24(12)11-18(25)23-13-8-14(27-2)10-15(9-13)28-3/h4-10H,11H2,1-3H3,(H,23,25). The van der Waals surface area contributed by atoms with Gasteiger partial charge in [-0.05, 0) is 13.0 Å². The molecule has 0 aliphatic heterocycles. The molecule has 0 bridgehead atoms. The fourth-order valence-corrected chi connectivity index (χ4v) is 4.28. The summed E-state index contributed by atoms with van der Waals surface area (Å²) < 4.78 is 13.4. The average molecular weight is 409 g/mol. The van der Waals surface area contributed by atoms with Crippen LogP contribution in [0.4, 0.5) is 5.69 Å². The van der Waals surface area contributed by atoms with Gasteiger partial charge in [0.25, 0.3) is 5.56 Å². The first kappa shape index (κ1) is 18.9. The van der Waals surface area contributed by atoms with Gasteiger partial charge in [-0.3, -0.25) is 14.2 Å². The second kappa shape index (κ2) is 7.56. The third kappa shape index (κ3) is 3.54. The van der Waals surface area contributed by atoms with Crippen molar-refractivity contribution in [1.82, 2.24) is 9.55 Å². The van der Waals surface area contributed by atoms with E-state index in [4.69, 9.17) is 9.47 Å². The van der Waals surface area contributed by atoms with Gasteiger partial charge in [0.05, 0.1) is 19.7 Å². The number of benzene rings is 2. The number of aromatic nitrogens is 2. The number of thiophene rings is 1. The Morgan fingerprint density at radius 3 is 2.52 bits per heavy atom. The Balaban J connectivity index is 1.66. The molecule has 4 rings (SSSR count). The number of hydrogen-bond donors (Lipinski definition) is 1. The number of rotatable bonds is 5. The van der Waals surface area contributed by atoms with Crippen LogP contribution in [0.25, 0.3) is 20.3 Å². The van der Waals surface area contributed by atoms with Crippen LogP contribution >= 0.6 is 11.3 Å². The predicted octanol–water partition coefficient (Wildman–Crippen LogP) is 3.58. The van der Waals surface area contributed by atoms with E-state index < -0.39 is 0 Å². The fraction of sp³-hybridized carbons (Fsp3) is 0.190. The molecule has 2 aromatic carbocycles. The molecule has 148 valence electrons. The summed E-state index contributed by atoms with van der Waals surface area (Å²) in [6.07, 6.45) is 0. The molecular formula is C21H19N3O4S. The maximum atomic E-state index is 13.0. The molecule has 7 nitrogen and oxygen atoms in total. The van der Waals surface area contributed by atoms with Crippen molar-refractivity contribution >= 4 is 43.2 Å². The number of fused-ring (bicyclic) bond motifs is 3. The summed E-state index contributed by atoms with van der Waals surface area (Å²) in [7, 11) is 3.07. The summed E-state index contributed by atoms with van der Waals surface area (Å²) in [4.78, 5) is 30.2. The van der Waals surface area contributed by atoms with Gasteiger partial charge in [-0.25, -0.2) is 4.98 Å². The molecule has 0 aliphatic rings. The van der Waals surface area contributed by atoms with Crippen LogP contribution in [0.1, 0.15) is 5.82 Å². The van der Waals surface area contributed by atoms with Crippen molar-refractivity contribution in [2.24, 2.45) is 0 Å². The largest absolute Gasteiger partial charge is 0.497 e. The highest BCUT2D eigenvalue weighted by molar-refractivity contribution is 7.25. The van der Waals surface area contributed by atoms with Gasteiger partial charge in [0.1, 0.15) is 28.6 Å².